The van der Waals surface area contributed by atoms with E-state index in [1.54, 1.807) is 24.3 Å². The number of carbonyl (C=O) groups is 2. The number of aryl methyl sites for hydroxylation is 2. The van der Waals surface area contributed by atoms with E-state index in [-0.39, 0.29) is 24.0 Å². The second-order valence-electron chi connectivity index (χ2n) is 10.3. The zero-order valence-corrected chi connectivity index (χ0v) is 22.4. The molecule has 2 aromatic heterocycles. The molecule has 4 rings (SSSR count). The minimum absolute atomic E-state index is 0.0563. The van der Waals surface area contributed by atoms with Crippen molar-refractivity contribution in [1.29, 1.82) is 0 Å². The Kier molecular flexibility index (Phi) is 7.34. The molecule has 4 aromatic rings. The molecule has 10 nitrogen and oxygen atoms in total. The number of benzene rings is 2. The van der Waals surface area contributed by atoms with E-state index in [1.807, 2.05) is 59.7 Å². The molecule has 0 aliphatic rings. The predicted molar refractivity (Wildman–Crippen MR) is 142 cm³/mol. The third kappa shape index (κ3) is 5.91. The minimum Gasteiger partial charge on any atom is -0.508 e. The number of nitrogens with zero attached hydrogens (tertiary/aromatic N) is 5. The van der Waals surface area contributed by atoms with Crippen LogP contribution in [0.3, 0.4) is 0 Å². The summed E-state index contributed by atoms with van der Waals surface area (Å²) in [5.41, 5.74) is 2.39. The van der Waals surface area contributed by atoms with Crippen molar-refractivity contribution < 1.29 is 19.1 Å². The normalized spacial score (nSPS) is 12.3. The summed E-state index contributed by atoms with van der Waals surface area (Å²) in [5, 5.41) is 25.3. The maximum atomic E-state index is 14.0. The molecule has 0 bridgehead atoms. The molecule has 1 atom stereocenters. The maximum absolute atomic E-state index is 14.0. The molecule has 0 fully saturated rings. The number of nitrogens with one attached hydrogen (secondary N) is 1. The molecule has 0 unspecified atom stereocenters. The molecule has 10 heteroatoms. The van der Waals surface area contributed by atoms with Crippen molar-refractivity contribution in [3.8, 4) is 17.3 Å². The van der Waals surface area contributed by atoms with Gasteiger partial charge in [0.25, 0.3) is 5.91 Å². The van der Waals surface area contributed by atoms with Crippen molar-refractivity contribution in [3.05, 3.63) is 77.0 Å². The lowest BCUT2D eigenvalue weighted by Crippen LogP contribution is -2.50. The Balaban J connectivity index is 1.79. The second kappa shape index (κ2) is 10.5. The molecule has 0 radical (unpaired) electrons. The van der Waals surface area contributed by atoms with Crippen LogP contribution in [0, 0.1) is 20.8 Å². The smallest absolute Gasteiger partial charge is 0.251 e. The number of tetrazole rings is 1. The van der Waals surface area contributed by atoms with E-state index in [2.05, 4.69) is 20.7 Å². The zero-order valence-electron chi connectivity index (χ0n) is 22.4. The third-order valence-electron chi connectivity index (χ3n) is 6.01. The van der Waals surface area contributed by atoms with Gasteiger partial charge >= 0.3 is 0 Å². The molecule has 0 saturated heterocycles. The highest BCUT2D eigenvalue weighted by Gasteiger charge is 2.35. The van der Waals surface area contributed by atoms with Gasteiger partial charge in [-0.1, -0.05) is 24.3 Å². The molecule has 198 valence electrons. The van der Waals surface area contributed by atoms with Gasteiger partial charge in [-0.05, 0) is 93.8 Å². The number of carbonyl (C=O) groups excluding carboxylic acids is 2. The number of aromatic hydroxyl groups is 1. The molecule has 2 heterocycles. The van der Waals surface area contributed by atoms with Crippen molar-refractivity contribution in [2.75, 3.05) is 4.90 Å². The summed E-state index contributed by atoms with van der Waals surface area (Å²) in [7, 11) is 0. The number of aromatic nitrogens is 4. The van der Waals surface area contributed by atoms with E-state index in [0.29, 0.717) is 22.8 Å². The van der Waals surface area contributed by atoms with Gasteiger partial charge in [-0.25, -0.2) is 0 Å². The summed E-state index contributed by atoms with van der Waals surface area (Å²) >= 11 is 0. The lowest BCUT2D eigenvalue weighted by Gasteiger charge is -2.34. The topological polar surface area (TPSA) is 126 Å². The van der Waals surface area contributed by atoms with Crippen LogP contribution in [0.15, 0.2) is 59.0 Å². The molecule has 0 aliphatic heterocycles. The van der Waals surface area contributed by atoms with Gasteiger partial charge in [-0.15, -0.1) is 10.2 Å². The number of amides is 2. The molecule has 0 saturated carbocycles. The van der Waals surface area contributed by atoms with E-state index >= 15 is 0 Å². The first-order valence-corrected chi connectivity index (χ1v) is 12.3. The summed E-state index contributed by atoms with van der Waals surface area (Å²) in [5.74, 6) is 0.677. The van der Waals surface area contributed by atoms with Gasteiger partial charge < -0.3 is 14.8 Å². The number of rotatable bonds is 7. The van der Waals surface area contributed by atoms with Crippen LogP contribution in [-0.4, -0.2) is 42.7 Å². The highest BCUT2D eigenvalue weighted by molar-refractivity contribution is 6.02. The monoisotopic (exact) mass is 516 g/mol. The predicted octanol–water partition coefficient (Wildman–Crippen LogP) is 4.25. The summed E-state index contributed by atoms with van der Waals surface area (Å²) in [6.45, 7) is 11.0. The van der Waals surface area contributed by atoms with E-state index in [1.165, 1.54) is 21.8 Å². The highest BCUT2D eigenvalue weighted by atomic mass is 16.3. The quantitative estimate of drug-likeness (QED) is 0.376. The van der Waals surface area contributed by atoms with Crippen LogP contribution in [0.1, 0.15) is 49.3 Å². The Morgan fingerprint density at radius 3 is 2.39 bits per heavy atom. The SMILES string of the molecule is Cc1ccc(-c2nnn(CC(=O)N(c3cccc(C)c3C)[C@@H](C(=O)NC(C)(C)C)c3ccc(O)cc3)n2)o1. The number of hydrogen-bond acceptors (Lipinski definition) is 7. The molecule has 2 amide bonds. The van der Waals surface area contributed by atoms with Gasteiger partial charge in [0.1, 0.15) is 24.1 Å². The zero-order chi connectivity index (χ0) is 27.6. The van der Waals surface area contributed by atoms with E-state index in [9.17, 15) is 14.7 Å². The minimum atomic E-state index is -1.03. The average Bonchev–Trinajstić information content (AvgIpc) is 3.48. The maximum Gasteiger partial charge on any atom is 0.251 e. The summed E-state index contributed by atoms with van der Waals surface area (Å²) in [6.07, 6.45) is 0. The van der Waals surface area contributed by atoms with Gasteiger partial charge in [0, 0.05) is 11.2 Å². The van der Waals surface area contributed by atoms with Crippen LogP contribution in [-0.2, 0) is 16.1 Å². The number of furan rings is 1. The molecule has 2 aromatic carbocycles. The molecule has 2 N–H and O–H groups in total. The lowest BCUT2D eigenvalue weighted by molar-refractivity contribution is -0.128. The van der Waals surface area contributed by atoms with Crippen LogP contribution >= 0.6 is 0 Å². The molecule has 0 spiro atoms. The van der Waals surface area contributed by atoms with Crippen molar-refractivity contribution in [1.82, 2.24) is 25.5 Å². The first kappa shape index (κ1) is 26.6. The fraction of sp³-hybridized carbons (Fsp3) is 0.321. The molecule has 0 aliphatic carbocycles. The number of anilines is 1. The largest absolute Gasteiger partial charge is 0.508 e. The first-order valence-electron chi connectivity index (χ1n) is 12.3. The Bertz CT molecular complexity index is 1450. The lowest BCUT2D eigenvalue weighted by atomic mass is 9.98. The summed E-state index contributed by atoms with van der Waals surface area (Å²) in [4.78, 5) is 30.4. The van der Waals surface area contributed by atoms with Crippen LogP contribution in [0.2, 0.25) is 0 Å². The van der Waals surface area contributed by atoms with E-state index in [4.69, 9.17) is 4.42 Å². The van der Waals surface area contributed by atoms with Crippen LogP contribution in [0.25, 0.3) is 11.6 Å². The summed E-state index contributed by atoms with van der Waals surface area (Å²) < 4.78 is 5.57. The van der Waals surface area contributed by atoms with Crippen molar-refractivity contribution in [2.45, 2.75) is 59.7 Å². The number of hydrogen-bond donors (Lipinski definition) is 2. The van der Waals surface area contributed by atoms with Crippen molar-refractivity contribution in [2.24, 2.45) is 0 Å². The first-order chi connectivity index (χ1) is 17.9. The Morgan fingerprint density at radius 2 is 1.76 bits per heavy atom. The second-order valence-corrected chi connectivity index (χ2v) is 10.3. The Hall–Kier alpha value is -4.47. The fourth-order valence-electron chi connectivity index (χ4n) is 4.09. The standard InChI is InChI=1S/C28H32N6O4/c1-17-8-7-9-22(19(17)3)34(24(36)16-33-31-26(30-32-33)23-15-10-18(2)38-23)25(27(37)29-28(4,5)6)20-11-13-21(35)14-12-20/h7-15,25,35H,16H2,1-6H3,(H,29,37)/t25-/m1/s1. The Morgan fingerprint density at radius 1 is 1.05 bits per heavy atom. The molecular weight excluding hydrogens is 484 g/mol. The van der Waals surface area contributed by atoms with Crippen LogP contribution in [0.5, 0.6) is 5.75 Å². The van der Waals surface area contributed by atoms with Gasteiger partial charge in [-0.3, -0.25) is 14.5 Å². The van der Waals surface area contributed by atoms with Gasteiger partial charge in [0.2, 0.25) is 11.7 Å². The van der Waals surface area contributed by atoms with Crippen LogP contribution < -0.4 is 10.2 Å². The van der Waals surface area contributed by atoms with Gasteiger partial charge in [-0.2, -0.15) is 4.80 Å². The van der Waals surface area contributed by atoms with Crippen molar-refractivity contribution in [3.63, 3.8) is 0 Å². The van der Waals surface area contributed by atoms with Gasteiger partial charge in [0.15, 0.2) is 5.76 Å². The molecular formula is C28H32N6O4. The Labute approximate surface area is 221 Å². The average molecular weight is 517 g/mol. The fourth-order valence-corrected chi connectivity index (χ4v) is 4.09. The van der Waals surface area contributed by atoms with E-state index < -0.39 is 17.5 Å². The van der Waals surface area contributed by atoms with E-state index in [0.717, 1.165) is 11.1 Å². The van der Waals surface area contributed by atoms with Crippen molar-refractivity contribution >= 4 is 17.5 Å². The third-order valence-corrected chi connectivity index (χ3v) is 6.01. The number of phenolic OH excluding ortho intramolecular Hbond substituents is 1. The summed E-state index contributed by atoms with van der Waals surface area (Å²) in [6, 6.07) is 14.4. The van der Waals surface area contributed by atoms with Crippen LogP contribution in [0.4, 0.5) is 5.69 Å². The molecule has 38 heavy (non-hydrogen) atoms. The highest BCUT2D eigenvalue weighted by Crippen LogP contribution is 2.33. The number of phenols is 1. The van der Waals surface area contributed by atoms with Gasteiger partial charge in [0.05, 0.1) is 0 Å².